The van der Waals surface area contributed by atoms with Gasteiger partial charge in [-0.25, -0.2) is 4.98 Å². The lowest BCUT2D eigenvalue weighted by atomic mass is 10.4. The number of aromatic nitrogens is 2. The van der Waals surface area contributed by atoms with Gasteiger partial charge in [-0.2, -0.15) is 0 Å². The van der Waals surface area contributed by atoms with Gasteiger partial charge in [0.05, 0.1) is 11.4 Å². The average Bonchev–Trinajstić information content (AvgIpc) is 2.85. The Balaban J connectivity index is 2.05. The lowest BCUT2D eigenvalue weighted by Gasteiger charge is -2.12. The van der Waals surface area contributed by atoms with Gasteiger partial charge in [-0.3, -0.25) is 5.01 Å². The van der Waals surface area contributed by atoms with Crippen molar-refractivity contribution in [3.05, 3.63) is 17.2 Å². The third-order valence-corrected chi connectivity index (χ3v) is 2.81. The van der Waals surface area contributed by atoms with E-state index in [-0.39, 0.29) is 5.34 Å². The van der Waals surface area contributed by atoms with Gasteiger partial charge in [0.1, 0.15) is 0 Å². The van der Waals surface area contributed by atoms with Crippen LogP contribution in [0.25, 0.3) is 0 Å². The maximum atomic E-state index is 12.9. The van der Waals surface area contributed by atoms with Crippen LogP contribution in [0.2, 0.25) is 0 Å². The number of nitrogens with one attached hydrogen (secondary N) is 2. The molecule has 2 aliphatic rings. The summed E-state index contributed by atoms with van der Waals surface area (Å²) in [5, 5.41) is 8.58. The molecule has 0 fully saturated rings. The van der Waals surface area contributed by atoms with Gasteiger partial charge in [0.2, 0.25) is 5.84 Å². The van der Waals surface area contributed by atoms with E-state index in [1.165, 1.54) is 5.01 Å². The lowest BCUT2D eigenvalue weighted by molar-refractivity contribution is -0.0568. The molecule has 0 aromatic carbocycles. The smallest absolute Gasteiger partial charge is 0.212 e. The Morgan fingerprint density at radius 2 is 2.12 bits per heavy atom. The maximum absolute atomic E-state index is 12.9. The summed E-state index contributed by atoms with van der Waals surface area (Å²) < 4.78 is 14.8. The quantitative estimate of drug-likeness (QED) is 0.615. The van der Waals surface area contributed by atoms with Gasteiger partial charge < -0.3 is 9.88 Å². The molecule has 8 heteroatoms. The Labute approximate surface area is 91.4 Å². The fraction of sp³-hybridized carbons (Fsp3) is 0.500. The van der Waals surface area contributed by atoms with E-state index in [1.807, 2.05) is 11.6 Å². The Bertz CT molecular complexity index is 465. The van der Waals surface area contributed by atoms with Crippen molar-refractivity contribution in [2.45, 2.75) is 13.1 Å². The number of hydrogen-bond donors (Lipinski definition) is 2. The van der Waals surface area contributed by atoms with Gasteiger partial charge in [-0.15, -0.1) is 5.10 Å². The molecule has 0 spiro atoms. The number of rotatable bonds is 1. The van der Waals surface area contributed by atoms with Gasteiger partial charge in [0.25, 0.3) is 0 Å². The summed E-state index contributed by atoms with van der Waals surface area (Å²) >= 11 is 0. The van der Waals surface area contributed by atoms with Gasteiger partial charge in [-0.1, -0.05) is 10.0 Å². The number of hydrogen-bond acceptors (Lipinski definition) is 6. The van der Waals surface area contributed by atoms with Crippen LogP contribution in [0.4, 0.5) is 4.48 Å². The Morgan fingerprint density at radius 1 is 1.31 bits per heavy atom. The first-order valence-electron chi connectivity index (χ1n) is 4.97. The van der Waals surface area contributed by atoms with Crippen LogP contribution in [-0.4, -0.2) is 32.8 Å². The molecule has 0 radical (unpaired) electrons. The normalized spacial score (nSPS) is 19.3. The van der Waals surface area contributed by atoms with Crippen LogP contribution >= 0.6 is 0 Å². The molecule has 1 aromatic rings. The van der Waals surface area contributed by atoms with Crippen LogP contribution in [0.5, 0.6) is 0 Å². The predicted molar refractivity (Wildman–Crippen MR) is 54.1 cm³/mol. The molecule has 0 saturated heterocycles. The fourth-order valence-corrected chi connectivity index (χ4v) is 1.99. The molecule has 3 rings (SSSR count). The van der Waals surface area contributed by atoms with E-state index >= 15 is 0 Å². The molecule has 0 atom stereocenters. The summed E-state index contributed by atoms with van der Waals surface area (Å²) in [6, 6.07) is 0. The summed E-state index contributed by atoms with van der Waals surface area (Å²) in [6.07, 6.45) is 0. The zero-order valence-corrected chi connectivity index (χ0v) is 9.03. The average molecular weight is 225 g/mol. The van der Waals surface area contributed by atoms with E-state index in [9.17, 15) is 4.48 Å². The van der Waals surface area contributed by atoms with Crippen molar-refractivity contribution in [1.82, 2.24) is 30.8 Å². The summed E-state index contributed by atoms with van der Waals surface area (Å²) in [5.41, 5.74) is 4.52. The van der Waals surface area contributed by atoms with Crippen LogP contribution in [-0.2, 0) is 20.1 Å². The van der Waals surface area contributed by atoms with Crippen molar-refractivity contribution in [3.8, 4) is 0 Å². The second-order valence-electron chi connectivity index (χ2n) is 3.83. The molecule has 2 aliphatic heterocycles. The standard InChI is InChI=1S/C8H12FN7/c1-14-6-4-10-3-5(6)11-7(14)8-12-16(9)13-15(8)2/h10,13H,3-4H2,1-2H3. The minimum atomic E-state index is 0.174. The minimum Gasteiger partial charge on any atom is -0.327 e. The first kappa shape index (κ1) is 9.55. The second kappa shape index (κ2) is 3.16. The van der Waals surface area contributed by atoms with Crippen molar-refractivity contribution in [2.75, 3.05) is 7.05 Å². The number of hydrazine groups is 2. The van der Waals surface area contributed by atoms with Crippen LogP contribution in [0.1, 0.15) is 17.2 Å². The Hall–Kier alpha value is -1.67. The van der Waals surface area contributed by atoms with Crippen molar-refractivity contribution in [3.63, 3.8) is 0 Å². The molecule has 0 bridgehead atoms. The van der Waals surface area contributed by atoms with Crippen molar-refractivity contribution >= 4 is 5.84 Å². The number of fused-ring (bicyclic) bond motifs is 1. The molecule has 0 unspecified atom stereocenters. The van der Waals surface area contributed by atoms with Crippen molar-refractivity contribution in [2.24, 2.45) is 12.1 Å². The van der Waals surface area contributed by atoms with Crippen LogP contribution < -0.4 is 10.9 Å². The van der Waals surface area contributed by atoms with Crippen LogP contribution in [0, 0.1) is 0 Å². The van der Waals surface area contributed by atoms with Crippen molar-refractivity contribution in [1.29, 1.82) is 0 Å². The van der Waals surface area contributed by atoms with Gasteiger partial charge in [0, 0.05) is 27.2 Å². The molecular weight excluding hydrogens is 213 g/mol. The minimum absolute atomic E-state index is 0.174. The van der Waals surface area contributed by atoms with Gasteiger partial charge in [-0.05, 0) is 5.34 Å². The number of nitrogens with zero attached hydrogens (tertiary/aromatic N) is 5. The molecule has 0 saturated carbocycles. The number of halogens is 1. The molecule has 0 aliphatic carbocycles. The maximum Gasteiger partial charge on any atom is 0.212 e. The van der Waals surface area contributed by atoms with E-state index in [0.717, 1.165) is 24.5 Å². The number of amidine groups is 1. The molecule has 0 amide bonds. The SMILES string of the molecule is CN1NN(F)N=C1c1nc2c(n1C)CNC2. The first-order valence-corrected chi connectivity index (χ1v) is 4.97. The highest BCUT2D eigenvalue weighted by molar-refractivity contribution is 5.95. The Kier molecular flexibility index (Phi) is 1.88. The molecule has 2 N–H and O–H groups in total. The molecular formula is C8H12FN7. The largest absolute Gasteiger partial charge is 0.327 e. The highest BCUT2D eigenvalue weighted by Gasteiger charge is 2.28. The molecule has 1 aromatic heterocycles. The van der Waals surface area contributed by atoms with E-state index in [2.05, 4.69) is 20.9 Å². The lowest BCUT2D eigenvalue weighted by Crippen LogP contribution is -2.38. The predicted octanol–water partition coefficient (Wildman–Crippen LogP) is -0.764. The molecule has 16 heavy (non-hydrogen) atoms. The highest BCUT2D eigenvalue weighted by atomic mass is 19.2. The van der Waals surface area contributed by atoms with E-state index < -0.39 is 0 Å². The van der Waals surface area contributed by atoms with Gasteiger partial charge in [0.15, 0.2) is 5.82 Å². The van der Waals surface area contributed by atoms with Crippen LogP contribution in [0.15, 0.2) is 5.10 Å². The second-order valence-corrected chi connectivity index (χ2v) is 3.83. The first-order chi connectivity index (χ1) is 7.66. The van der Waals surface area contributed by atoms with E-state index in [4.69, 9.17) is 0 Å². The van der Waals surface area contributed by atoms with Crippen LogP contribution in [0.3, 0.4) is 0 Å². The van der Waals surface area contributed by atoms with E-state index in [1.54, 1.807) is 7.05 Å². The summed E-state index contributed by atoms with van der Waals surface area (Å²) in [5.74, 6) is 1.14. The zero-order valence-electron chi connectivity index (χ0n) is 9.03. The molecule has 7 nitrogen and oxygen atoms in total. The summed E-state index contributed by atoms with van der Waals surface area (Å²) in [4.78, 5) is 4.45. The summed E-state index contributed by atoms with van der Waals surface area (Å²) in [7, 11) is 3.60. The van der Waals surface area contributed by atoms with Crippen molar-refractivity contribution < 1.29 is 4.48 Å². The van der Waals surface area contributed by atoms with E-state index in [0.29, 0.717) is 11.7 Å². The zero-order chi connectivity index (χ0) is 11.3. The fourth-order valence-electron chi connectivity index (χ4n) is 1.99. The summed E-state index contributed by atoms with van der Waals surface area (Å²) in [6.45, 7) is 1.55. The highest BCUT2D eigenvalue weighted by Crippen LogP contribution is 2.18. The molecule has 86 valence electrons. The third kappa shape index (κ3) is 1.20. The monoisotopic (exact) mass is 225 g/mol. The Morgan fingerprint density at radius 3 is 2.75 bits per heavy atom. The topological polar surface area (TPSA) is 60.7 Å². The molecule has 3 heterocycles. The third-order valence-electron chi connectivity index (χ3n) is 2.81. The number of hydrazone groups is 1. The van der Waals surface area contributed by atoms with Gasteiger partial charge >= 0.3 is 0 Å². The number of imidazole rings is 1.